The fraction of sp³-hybridized carbons (Fsp3) is 1.00. The lowest BCUT2D eigenvalue weighted by molar-refractivity contribution is 0.0138. The van der Waals surface area contributed by atoms with Crippen LogP contribution >= 0.6 is 10.7 Å². The molecule has 0 aromatic carbocycles. The third-order valence-corrected chi connectivity index (χ3v) is 4.51. The smallest absolute Gasteiger partial charge is 0.232 e. The molecule has 5 heteroatoms. The molecular formula is C12H23ClO3S. The predicted molar refractivity (Wildman–Crippen MR) is 70.9 cm³/mol. The van der Waals surface area contributed by atoms with Gasteiger partial charge in [0.15, 0.2) is 0 Å². The Bertz CT molecular complexity index is 303. The van der Waals surface area contributed by atoms with Crippen LogP contribution in [0.2, 0.25) is 0 Å². The van der Waals surface area contributed by atoms with E-state index in [0.717, 1.165) is 25.4 Å². The van der Waals surface area contributed by atoms with Crippen LogP contribution in [-0.4, -0.2) is 26.9 Å². The van der Waals surface area contributed by atoms with Gasteiger partial charge >= 0.3 is 0 Å². The maximum absolute atomic E-state index is 10.7. The van der Waals surface area contributed by atoms with Gasteiger partial charge in [-0.15, -0.1) is 0 Å². The summed E-state index contributed by atoms with van der Waals surface area (Å²) < 4.78 is 27.2. The highest BCUT2D eigenvalue weighted by atomic mass is 35.7. The van der Waals surface area contributed by atoms with Crippen LogP contribution in [0.1, 0.15) is 51.9 Å². The van der Waals surface area contributed by atoms with Crippen molar-refractivity contribution in [3.05, 3.63) is 0 Å². The summed E-state index contributed by atoms with van der Waals surface area (Å²) in [5.74, 6) is 0.866. The molecule has 17 heavy (non-hydrogen) atoms. The Hall–Kier alpha value is 0.200. The Balaban J connectivity index is 1.97. The number of hydrogen-bond acceptors (Lipinski definition) is 3. The van der Waals surface area contributed by atoms with Crippen LogP contribution in [0.25, 0.3) is 0 Å². The lowest BCUT2D eigenvalue weighted by atomic mass is 9.89. The Labute approximate surface area is 109 Å². The Morgan fingerprint density at radius 3 is 2.65 bits per heavy atom. The van der Waals surface area contributed by atoms with Gasteiger partial charge in [-0.25, -0.2) is 8.42 Å². The SMILES string of the molecule is CC1CCCC(OCCCCCS(=O)(=O)Cl)C1. The molecule has 2 atom stereocenters. The minimum absolute atomic E-state index is 0.0784. The van der Waals surface area contributed by atoms with Crippen LogP contribution in [0.3, 0.4) is 0 Å². The molecule has 0 aromatic heterocycles. The first-order chi connectivity index (χ1) is 7.97. The Morgan fingerprint density at radius 1 is 1.24 bits per heavy atom. The molecular weight excluding hydrogens is 260 g/mol. The summed E-state index contributed by atoms with van der Waals surface area (Å²) in [4.78, 5) is 0. The normalized spacial score (nSPS) is 26.0. The zero-order chi connectivity index (χ0) is 12.7. The third kappa shape index (κ3) is 8.01. The maximum Gasteiger partial charge on any atom is 0.232 e. The van der Waals surface area contributed by atoms with Crippen molar-refractivity contribution in [3.63, 3.8) is 0 Å². The van der Waals surface area contributed by atoms with Crippen molar-refractivity contribution in [2.45, 2.75) is 58.0 Å². The second-order valence-electron chi connectivity index (χ2n) is 5.07. The first-order valence-electron chi connectivity index (χ1n) is 6.51. The number of halogens is 1. The van der Waals surface area contributed by atoms with Gasteiger partial charge in [0.05, 0.1) is 11.9 Å². The van der Waals surface area contributed by atoms with E-state index >= 15 is 0 Å². The molecule has 102 valence electrons. The summed E-state index contributed by atoms with van der Waals surface area (Å²) in [7, 11) is 1.82. The van der Waals surface area contributed by atoms with E-state index in [9.17, 15) is 8.42 Å². The van der Waals surface area contributed by atoms with Gasteiger partial charge in [0.2, 0.25) is 9.05 Å². The number of ether oxygens (including phenoxy) is 1. The zero-order valence-corrected chi connectivity index (χ0v) is 12.1. The van der Waals surface area contributed by atoms with E-state index in [1.54, 1.807) is 0 Å². The van der Waals surface area contributed by atoms with E-state index in [4.69, 9.17) is 15.4 Å². The summed E-state index contributed by atoms with van der Waals surface area (Å²) in [6.07, 6.45) is 7.82. The quantitative estimate of drug-likeness (QED) is 0.531. The maximum atomic E-state index is 10.7. The molecule has 1 aliphatic rings. The first kappa shape index (κ1) is 15.3. The van der Waals surface area contributed by atoms with Crippen LogP contribution in [0, 0.1) is 5.92 Å². The van der Waals surface area contributed by atoms with Crippen LogP contribution in [0.5, 0.6) is 0 Å². The average molecular weight is 283 g/mol. The second-order valence-corrected chi connectivity index (χ2v) is 7.96. The van der Waals surface area contributed by atoms with E-state index in [2.05, 4.69) is 6.92 Å². The molecule has 1 saturated carbocycles. The summed E-state index contributed by atoms with van der Waals surface area (Å²) >= 11 is 0. The summed E-state index contributed by atoms with van der Waals surface area (Å²) in [5, 5.41) is 0. The standard InChI is InChI=1S/C12H23ClO3S/c1-11-6-5-7-12(10-11)16-8-3-2-4-9-17(13,14)15/h11-12H,2-10H2,1H3. The molecule has 1 fully saturated rings. The van der Waals surface area contributed by atoms with E-state index < -0.39 is 9.05 Å². The molecule has 0 amide bonds. The molecule has 1 aliphatic carbocycles. The van der Waals surface area contributed by atoms with Gasteiger partial charge in [-0.05, 0) is 31.6 Å². The third-order valence-electron chi connectivity index (χ3n) is 3.27. The average Bonchev–Trinajstić information content (AvgIpc) is 2.22. The van der Waals surface area contributed by atoms with Crippen molar-refractivity contribution in [2.24, 2.45) is 5.92 Å². The molecule has 0 bridgehead atoms. The lowest BCUT2D eigenvalue weighted by Gasteiger charge is -2.26. The topological polar surface area (TPSA) is 43.4 Å². The van der Waals surface area contributed by atoms with Gasteiger partial charge in [-0.2, -0.15) is 0 Å². The molecule has 0 N–H and O–H groups in total. The number of unbranched alkanes of at least 4 members (excludes halogenated alkanes) is 2. The largest absolute Gasteiger partial charge is 0.378 e. The van der Waals surface area contributed by atoms with Gasteiger partial charge in [-0.3, -0.25) is 0 Å². The van der Waals surface area contributed by atoms with Crippen LogP contribution in [0.15, 0.2) is 0 Å². The van der Waals surface area contributed by atoms with Crippen LogP contribution < -0.4 is 0 Å². The Morgan fingerprint density at radius 2 is 2.00 bits per heavy atom. The van der Waals surface area contributed by atoms with E-state index in [-0.39, 0.29) is 5.75 Å². The first-order valence-corrected chi connectivity index (χ1v) is 8.99. The van der Waals surface area contributed by atoms with Gasteiger partial charge in [0, 0.05) is 17.3 Å². The highest BCUT2D eigenvalue weighted by molar-refractivity contribution is 8.13. The second kappa shape index (κ2) is 7.59. The summed E-state index contributed by atoms with van der Waals surface area (Å²) in [6.45, 7) is 3.03. The van der Waals surface area contributed by atoms with Crippen LogP contribution in [-0.2, 0) is 13.8 Å². The summed E-state index contributed by atoms with van der Waals surface area (Å²) in [6, 6.07) is 0. The van der Waals surface area contributed by atoms with E-state index in [0.29, 0.717) is 12.5 Å². The molecule has 0 aromatic rings. The van der Waals surface area contributed by atoms with Gasteiger partial charge in [0.1, 0.15) is 0 Å². The number of hydrogen-bond donors (Lipinski definition) is 0. The number of rotatable bonds is 7. The zero-order valence-electron chi connectivity index (χ0n) is 10.5. The van der Waals surface area contributed by atoms with Gasteiger partial charge in [-0.1, -0.05) is 26.2 Å². The molecule has 0 radical (unpaired) electrons. The van der Waals surface area contributed by atoms with Crippen molar-refractivity contribution < 1.29 is 13.2 Å². The Kier molecular flexibility index (Phi) is 6.82. The van der Waals surface area contributed by atoms with Crippen molar-refractivity contribution in [1.82, 2.24) is 0 Å². The van der Waals surface area contributed by atoms with Crippen molar-refractivity contribution in [1.29, 1.82) is 0 Å². The van der Waals surface area contributed by atoms with Crippen molar-refractivity contribution in [3.8, 4) is 0 Å². The molecule has 0 aliphatic heterocycles. The summed E-state index contributed by atoms with van der Waals surface area (Å²) in [5.41, 5.74) is 0. The molecule has 0 saturated heterocycles. The minimum Gasteiger partial charge on any atom is -0.378 e. The van der Waals surface area contributed by atoms with Crippen LogP contribution in [0.4, 0.5) is 0 Å². The lowest BCUT2D eigenvalue weighted by Crippen LogP contribution is -2.21. The van der Waals surface area contributed by atoms with Crippen molar-refractivity contribution >= 4 is 19.7 Å². The molecule has 0 heterocycles. The molecule has 0 spiro atoms. The van der Waals surface area contributed by atoms with E-state index in [1.165, 1.54) is 25.7 Å². The predicted octanol–water partition coefficient (Wildman–Crippen LogP) is 3.32. The minimum atomic E-state index is -3.31. The van der Waals surface area contributed by atoms with Gasteiger partial charge in [0.25, 0.3) is 0 Å². The highest BCUT2D eigenvalue weighted by Gasteiger charge is 2.18. The molecule has 2 unspecified atom stereocenters. The highest BCUT2D eigenvalue weighted by Crippen LogP contribution is 2.25. The van der Waals surface area contributed by atoms with Gasteiger partial charge < -0.3 is 4.74 Å². The fourth-order valence-corrected chi connectivity index (χ4v) is 3.21. The van der Waals surface area contributed by atoms with E-state index in [1.807, 2.05) is 0 Å². The molecule has 3 nitrogen and oxygen atoms in total. The molecule has 1 rings (SSSR count). The monoisotopic (exact) mass is 282 g/mol. The van der Waals surface area contributed by atoms with Crippen molar-refractivity contribution in [2.75, 3.05) is 12.4 Å². The fourth-order valence-electron chi connectivity index (χ4n) is 2.33.